The summed E-state index contributed by atoms with van der Waals surface area (Å²) in [5, 5.41) is 0. The SMILES string of the molecule is O=C1OC=CC1O[Si]. The molecule has 0 saturated carbocycles. The Morgan fingerprint density at radius 3 is 2.88 bits per heavy atom. The predicted octanol–water partition coefficient (Wildman–Crippen LogP) is -0.474. The van der Waals surface area contributed by atoms with Gasteiger partial charge in [-0.3, -0.25) is 0 Å². The Morgan fingerprint density at radius 2 is 2.62 bits per heavy atom. The Morgan fingerprint density at radius 1 is 1.88 bits per heavy atom. The van der Waals surface area contributed by atoms with Gasteiger partial charge in [0.25, 0.3) is 0 Å². The van der Waals surface area contributed by atoms with Crippen LogP contribution in [0.15, 0.2) is 12.3 Å². The first-order valence-corrected chi connectivity index (χ1v) is 2.45. The zero-order valence-corrected chi connectivity index (χ0v) is 4.96. The molecular formula is C4H3O3Si. The van der Waals surface area contributed by atoms with Crippen molar-refractivity contribution in [2.75, 3.05) is 0 Å². The molecule has 0 saturated heterocycles. The number of carbonyl (C=O) groups excluding carboxylic acids is 1. The highest BCUT2D eigenvalue weighted by Crippen LogP contribution is 2.03. The molecule has 3 nitrogen and oxygen atoms in total. The zero-order chi connectivity index (χ0) is 5.98. The molecule has 0 aliphatic carbocycles. The molecule has 41 valence electrons. The second-order valence-electron chi connectivity index (χ2n) is 1.30. The van der Waals surface area contributed by atoms with Gasteiger partial charge in [0.2, 0.25) is 10.5 Å². The van der Waals surface area contributed by atoms with Gasteiger partial charge in [-0.05, 0) is 6.08 Å². The monoisotopic (exact) mass is 127 g/mol. The van der Waals surface area contributed by atoms with Crippen LogP contribution >= 0.6 is 0 Å². The van der Waals surface area contributed by atoms with E-state index in [1.807, 2.05) is 0 Å². The van der Waals surface area contributed by atoms with Crippen LogP contribution in [0.4, 0.5) is 0 Å². The summed E-state index contributed by atoms with van der Waals surface area (Å²) >= 11 is 0. The smallest absolute Gasteiger partial charge is 0.343 e. The fraction of sp³-hybridized carbons (Fsp3) is 0.250. The lowest BCUT2D eigenvalue weighted by Crippen LogP contribution is -2.16. The lowest BCUT2D eigenvalue weighted by Gasteiger charge is -1.97. The lowest BCUT2D eigenvalue weighted by atomic mass is 10.4. The van der Waals surface area contributed by atoms with Crippen LogP contribution in [0.25, 0.3) is 0 Å². The largest absolute Gasteiger partial charge is 0.433 e. The molecule has 0 aromatic carbocycles. The van der Waals surface area contributed by atoms with Crippen molar-refractivity contribution in [1.82, 2.24) is 0 Å². The predicted molar refractivity (Wildman–Crippen MR) is 25.9 cm³/mol. The van der Waals surface area contributed by atoms with Crippen LogP contribution in [0, 0.1) is 0 Å². The minimum atomic E-state index is -0.563. The first-order valence-electron chi connectivity index (χ1n) is 2.04. The van der Waals surface area contributed by atoms with E-state index in [4.69, 9.17) is 0 Å². The van der Waals surface area contributed by atoms with Gasteiger partial charge in [-0.15, -0.1) is 0 Å². The second kappa shape index (κ2) is 2.10. The van der Waals surface area contributed by atoms with Crippen molar-refractivity contribution in [3.63, 3.8) is 0 Å². The maximum atomic E-state index is 10.4. The first-order chi connectivity index (χ1) is 3.84. The van der Waals surface area contributed by atoms with Gasteiger partial charge in [0.1, 0.15) is 0 Å². The number of rotatable bonds is 1. The van der Waals surface area contributed by atoms with Crippen LogP contribution in [0.1, 0.15) is 0 Å². The molecule has 0 amide bonds. The molecule has 1 unspecified atom stereocenters. The third kappa shape index (κ3) is 0.800. The van der Waals surface area contributed by atoms with Crippen LogP contribution in [0.2, 0.25) is 0 Å². The van der Waals surface area contributed by atoms with E-state index in [9.17, 15) is 4.79 Å². The highest BCUT2D eigenvalue weighted by molar-refractivity contribution is 6.00. The van der Waals surface area contributed by atoms with E-state index in [-0.39, 0.29) is 5.97 Å². The summed E-state index contributed by atoms with van der Waals surface area (Å²) in [4.78, 5) is 10.4. The average molecular weight is 127 g/mol. The van der Waals surface area contributed by atoms with E-state index in [0.717, 1.165) is 0 Å². The van der Waals surface area contributed by atoms with E-state index in [1.165, 1.54) is 12.3 Å². The van der Waals surface area contributed by atoms with Gasteiger partial charge >= 0.3 is 5.97 Å². The second-order valence-corrected chi connectivity index (χ2v) is 1.54. The highest BCUT2D eigenvalue weighted by atomic mass is 28.2. The van der Waals surface area contributed by atoms with Crippen molar-refractivity contribution in [2.24, 2.45) is 0 Å². The van der Waals surface area contributed by atoms with Crippen LogP contribution < -0.4 is 0 Å². The standard InChI is InChI=1S/C4H3O3Si/c5-4-3(7-8)1-2-6-4/h1-3H. The Balaban J connectivity index is 2.53. The first kappa shape index (κ1) is 5.52. The van der Waals surface area contributed by atoms with Gasteiger partial charge in [-0.25, -0.2) is 4.79 Å². The Labute approximate surface area is 49.8 Å². The van der Waals surface area contributed by atoms with Crippen LogP contribution in [-0.2, 0) is 14.0 Å². The van der Waals surface area contributed by atoms with Gasteiger partial charge in [0, 0.05) is 0 Å². The van der Waals surface area contributed by atoms with Crippen molar-refractivity contribution in [1.29, 1.82) is 0 Å². The van der Waals surface area contributed by atoms with Gasteiger partial charge in [0.05, 0.1) is 6.26 Å². The lowest BCUT2D eigenvalue weighted by molar-refractivity contribution is -0.141. The van der Waals surface area contributed by atoms with Crippen molar-refractivity contribution >= 4 is 16.5 Å². The molecule has 4 heteroatoms. The number of hydrogen-bond donors (Lipinski definition) is 0. The highest BCUT2D eigenvalue weighted by Gasteiger charge is 2.19. The number of hydrogen-bond acceptors (Lipinski definition) is 3. The van der Waals surface area contributed by atoms with Crippen molar-refractivity contribution in [3.8, 4) is 0 Å². The molecule has 0 bridgehead atoms. The van der Waals surface area contributed by atoms with E-state index in [0.29, 0.717) is 0 Å². The summed E-state index contributed by atoms with van der Waals surface area (Å²) in [6.07, 6.45) is 2.24. The number of cyclic esters (lactones) is 1. The molecule has 1 aliphatic heterocycles. The maximum Gasteiger partial charge on any atom is 0.343 e. The topological polar surface area (TPSA) is 35.5 Å². The third-order valence-corrected chi connectivity index (χ3v) is 1.05. The molecule has 0 fully saturated rings. The summed E-state index contributed by atoms with van der Waals surface area (Å²) in [7, 11) is 2.71. The molecule has 1 aliphatic rings. The minimum absolute atomic E-state index is 0.389. The van der Waals surface area contributed by atoms with E-state index in [2.05, 4.69) is 19.6 Å². The molecule has 1 heterocycles. The van der Waals surface area contributed by atoms with Crippen molar-refractivity contribution in [2.45, 2.75) is 6.10 Å². The quantitative estimate of drug-likeness (QED) is 0.353. The molecule has 0 aromatic rings. The van der Waals surface area contributed by atoms with E-state index in [1.54, 1.807) is 0 Å². The molecule has 3 radical (unpaired) electrons. The Hall–Kier alpha value is -0.613. The molecule has 0 aromatic heterocycles. The Kier molecular flexibility index (Phi) is 1.45. The Bertz CT molecular complexity index is 131. The average Bonchev–Trinajstić information content (AvgIpc) is 2.14. The number of esters is 1. The number of carbonyl (C=O) groups is 1. The molecule has 1 atom stereocenters. The van der Waals surface area contributed by atoms with E-state index >= 15 is 0 Å². The summed E-state index contributed by atoms with van der Waals surface area (Å²) in [5.41, 5.74) is 0. The summed E-state index contributed by atoms with van der Waals surface area (Å²) in [5.74, 6) is -0.389. The van der Waals surface area contributed by atoms with Crippen LogP contribution in [0.3, 0.4) is 0 Å². The maximum absolute atomic E-state index is 10.4. The number of ether oxygens (including phenoxy) is 1. The fourth-order valence-electron chi connectivity index (χ4n) is 0.411. The summed E-state index contributed by atoms with van der Waals surface area (Å²) < 4.78 is 8.85. The van der Waals surface area contributed by atoms with Crippen LogP contribution in [0.5, 0.6) is 0 Å². The van der Waals surface area contributed by atoms with Gasteiger partial charge in [-0.2, -0.15) is 0 Å². The zero-order valence-electron chi connectivity index (χ0n) is 3.96. The summed E-state index contributed by atoms with van der Waals surface area (Å²) in [6.45, 7) is 0. The van der Waals surface area contributed by atoms with E-state index < -0.39 is 6.10 Å². The fourth-order valence-corrected chi connectivity index (χ4v) is 0.586. The van der Waals surface area contributed by atoms with Crippen molar-refractivity contribution in [3.05, 3.63) is 12.3 Å². The molecule has 1 rings (SSSR count). The summed E-state index contributed by atoms with van der Waals surface area (Å²) in [6, 6.07) is 0. The van der Waals surface area contributed by atoms with Gasteiger partial charge in [0.15, 0.2) is 6.10 Å². The van der Waals surface area contributed by atoms with Gasteiger partial charge < -0.3 is 9.16 Å². The molecule has 0 spiro atoms. The normalized spacial score (nSPS) is 26.1. The molecule has 0 N–H and O–H groups in total. The molecular weight excluding hydrogens is 124 g/mol. The van der Waals surface area contributed by atoms with Crippen molar-refractivity contribution < 1.29 is 14.0 Å². The molecule has 8 heavy (non-hydrogen) atoms. The third-order valence-electron chi connectivity index (χ3n) is 0.797. The minimum Gasteiger partial charge on any atom is -0.433 e. The van der Waals surface area contributed by atoms with Crippen LogP contribution in [-0.4, -0.2) is 22.6 Å². The van der Waals surface area contributed by atoms with Gasteiger partial charge in [-0.1, -0.05) is 0 Å².